The molecule has 1 aliphatic carbocycles. The molecule has 3 aliphatic heterocycles. The molecule has 3 fully saturated rings. The summed E-state index contributed by atoms with van der Waals surface area (Å²) < 4.78 is 11.3. The minimum Gasteiger partial charge on any atom is -0.497 e. The van der Waals surface area contributed by atoms with Gasteiger partial charge in [-0.2, -0.15) is 0 Å². The quantitative estimate of drug-likeness (QED) is 0.809. The lowest BCUT2D eigenvalue weighted by Gasteiger charge is -2.44. The Bertz CT molecular complexity index is 920. The van der Waals surface area contributed by atoms with E-state index in [1.165, 1.54) is 11.1 Å². The van der Waals surface area contributed by atoms with Crippen LogP contribution in [-0.2, 0) is 11.2 Å². The van der Waals surface area contributed by atoms with Crippen molar-refractivity contribution in [2.45, 2.75) is 44.2 Å². The second-order valence-corrected chi connectivity index (χ2v) is 8.82. The van der Waals surface area contributed by atoms with E-state index in [9.17, 15) is 4.79 Å². The van der Waals surface area contributed by atoms with E-state index in [1.54, 1.807) is 7.11 Å². The molecular weight excluding hydrogens is 376 g/mol. The molecule has 0 radical (unpaired) electrons. The third-order valence-corrected chi connectivity index (χ3v) is 7.01. The lowest BCUT2D eigenvalue weighted by atomic mass is 9.85. The van der Waals surface area contributed by atoms with Crippen LogP contribution >= 0.6 is 0 Å². The molecule has 0 spiro atoms. The molecule has 2 atom stereocenters. The van der Waals surface area contributed by atoms with Crippen molar-refractivity contribution in [3.8, 4) is 16.9 Å². The number of nitrogens with zero attached hydrogens (tertiary/aromatic N) is 1. The van der Waals surface area contributed by atoms with Crippen molar-refractivity contribution in [3.63, 3.8) is 0 Å². The lowest BCUT2D eigenvalue weighted by Crippen LogP contribution is -2.52. The van der Waals surface area contributed by atoms with Crippen molar-refractivity contribution >= 4 is 6.09 Å². The SMILES string of the molecule is COc1cccc(-c2ccc3c(c2)C(NC(=O)O[C@H]2CN4CCC2CC4)CCC3)c1. The van der Waals surface area contributed by atoms with Gasteiger partial charge in [0, 0.05) is 6.54 Å². The summed E-state index contributed by atoms with van der Waals surface area (Å²) in [5.41, 5.74) is 4.80. The van der Waals surface area contributed by atoms with Crippen LogP contribution in [0, 0.1) is 5.92 Å². The molecule has 1 N–H and O–H groups in total. The first-order valence-corrected chi connectivity index (χ1v) is 11.2. The lowest BCUT2D eigenvalue weighted by molar-refractivity contribution is -0.0340. The molecule has 2 aromatic rings. The fourth-order valence-electron chi connectivity index (χ4n) is 5.29. The molecule has 6 rings (SSSR count). The number of amides is 1. The molecule has 1 unspecified atom stereocenters. The Balaban J connectivity index is 1.32. The zero-order valence-corrected chi connectivity index (χ0v) is 17.6. The largest absolute Gasteiger partial charge is 0.497 e. The standard InChI is InChI=1S/C25H30N2O3/c1-29-21-6-2-5-19(14-21)20-9-8-17-4-3-7-23(22(17)15-20)26-25(28)30-24-16-27-12-10-18(24)11-13-27/h2,5-6,8-9,14-15,18,23-24H,3-4,7,10-13,16H2,1H3,(H,26,28)/t23?,24-/m0/s1. The number of hydrogen-bond donors (Lipinski definition) is 1. The number of piperidine rings is 3. The van der Waals surface area contributed by atoms with E-state index in [1.807, 2.05) is 12.1 Å². The van der Waals surface area contributed by atoms with E-state index < -0.39 is 0 Å². The van der Waals surface area contributed by atoms with Crippen LogP contribution in [0.3, 0.4) is 0 Å². The maximum atomic E-state index is 12.7. The number of carbonyl (C=O) groups excluding carboxylic acids is 1. The van der Waals surface area contributed by atoms with Crippen LogP contribution in [0.4, 0.5) is 4.79 Å². The van der Waals surface area contributed by atoms with Crippen molar-refractivity contribution in [2.75, 3.05) is 26.7 Å². The van der Waals surface area contributed by atoms with Crippen LogP contribution < -0.4 is 10.1 Å². The van der Waals surface area contributed by atoms with Gasteiger partial charge in [0.1, 0.15) is 11.9 Å². The van der Waals surface area contributed by atoms with Gasteiger partial charge in [-0.3, -0.25) is 4.90 Å². The average Bonchev–Trinajstić information content (AvgIpc) is 2.80. The number of hydrogen-bond acceptors (Lipinski definition) is 4. The van der Waals surface area contributed by atoms with Gasteiger partial charge in [0.2, 0.25) is 0 Å². The molecular formula is C25H30N2O3. The van der Waals surface area contributed by atoms with E-state index in [2.05, 4.69) is 40.5 Å². The summed E-state index contributed by atoms with van der Waals surface area (Å²) in [5, 5.41) is 3.18. The number of alkyl carbamates (subject to hydrolysis) is 1. The number of methoxy groups -OCH3 is 1. The number of nitrogens with one attached hydrogen (secondary N) is 1. The summed E-state index contributed by atoms with van der Waals surface area (Å²) in [7, 11) is 1.69. The topological polar surface area (TPSA) is 50.8 Å². The van der Waals surface area contributed by atoms with Gasteiger partial charge in [-0.1, -0.05) is 24.3 Å². The molecule has 3 saturated heterocycles. The zero-order chi connectivity index (χ0) is 20.5. The first-order chi connectivity index (χ1) is 14.7. The van der Waals surface area contributed by atoms with Crippen LogP contribution in [0.15, 0.2) is 42.5 Å². The number of carbonyl (C=O) groups is 1. The van der Waals surface area contributed by atoms with Crippen LogP contribution in [-0.4, -0.2) is 43.8 Å². The fourth-order valence-corrected chi connectivity index (χ4v) is 5.29. The third-order valence-electron chi connectivity index (χ3n) is 7.01. The van der Waals surface area contributed by atoms with Gasteiger partial charge >= 0.3 is 6.09 Å². The van der Waals surface area contributed by atoms with Gasteiger partial charge in [0.15, 0.2) is 0 Å². The number of benzene rings is 2. The van der Waals surface area contributed by atoms with Crippen LogP contribution in [0.25, 0.3) is 11.1 Å². The van der Waals surface area contributed by atoms with Crippen molar-refractivity contribution in [3.05, 3.63) is 53.6 Å². The molecule has 4 aliphatic rings. The monoisotopic (exact) mass is 406 g/mol. The summed E-state index contributed by atoms with van der Waals surface area (Å²) in [5.74, 6) is 1.38. The zero-order valence-electron chi connectivity index (χ0n) is 17.6. The Kier molecular flexibility index (Phi) is 5.38. The van der Waals surface area contributed by atoms with Crippen LogP contribution in [0.5, 0.6) is 5.75 Å². The molecule has 2 bridgehead atoms. The Labute approximate surface area is 178 Å². The fraction of sp³-hybridized carbons (Fsp3) is 0.480. The number of ether oxygens (including phenoxy) is 2. The van der Waals surface area contributed by atoms with Crippen molar-refractivity contribution < 1.29 is 14.3 Å². The molecule has 0 aromatic heterocycles. The molecule has 0 saturated carbocycles. The normalized spacial score (nSPS) is 27.2. The Hall–Kier alpha value is -2.53. The highest BCUT2D eigenvalue weighted by Gasteiger charge is 2.37. The molecule has 1 amide bonds. The van der Waals surface area contributed by atoms with E-state index in [-0.39, 0.29) is 18.2 Å². The van der Waals surface area contributed by atoms with E-state index >= 15 is 0 Å². The first kappa shape index (κ1) is 19.4. The summed E-state index contributed by atoms with van der Waals surface area (Å²) >= 11 is 0. The summed E-state index contributed by atoms with van der Waals surface area (Å²) in [4.78, 5) is 15.1. The van der Waals surface area contributed by atoms with Crippen molar-refractivity contribution in [1.82, 2.24) is 10.2 Å². The predicted molar refractivity (Wildman–Crippen MR) is 117 cm³/mol. The molecule has 5 heteroatoms. The van der Waals surface area contributed by atoms with Gasteiger partial charge in [-0.15, -0.1) is 0 Å². The highest BCUT2D eigenvalue weighted by Crippen LogP contribution is 2.35. The minimum atomic E-state index is -0.265. The summed E-state index contributed by atoms with van der Waals surface area (Å²) in [6.45, 7) is 3.18. The predicted octanol–water partition coefficient (Wildman–Crippen LogP) is 4.56. The van der Waals surface area contributed by atoms with Crippen molar-refractivity contribution in [1.29, 1.82) is 0 Å². The number of fused-ring (bicyclic) bond motifs is 4. The Morgan fingerprint density at radius 1 is 1.07 bits per heavy atom. The minimum absolute atomic E-state index is 0.00731. The summed E-state index contributed by atoms with van der Waals surface area (Å²) in [6.07, 6.45) is 5.15. The highest BCUT2D eigenvalue weighted by atomic mass is 16.6. The molecule has 30 heavy (non-hydrogen) atoms. The Morgan fingerprint density at radius 3 is 2.67 bits per heavy atom. The summed E-state index contributed by atoms with van der Waals surface area (Å²) in [6, 6.07) is 14.7. The molecule has 5 nitrogen and oxygen atoms in total. The Morgan fingerprint density at radius 2 is 1.90 bits per heavy atom. The van der Waals surface area contributed by atoms with E-state index in [0.29, 0.717) is 5.92 Å². The van der Waals surface area contributed by atoms with Crippen molar-refractivity contribution in [2.24, 2.45) is 5.92 Å². The average molecular weight is 407 g/mol. The third kappa shape index (κ3) is 3.91. The van der Waals surface area contributed by atoms with Crippen LogP contribution in [0.1, 0.15) is 42.9 Å². The maximum absolute atomic E-state index is 12.7. The molecule has 2 aromatic carbocycles. The smallest absolute Gasteiger partial charge is 0.407 e. The van der Waals surface area contributed by atoms with E-state index in [0.717, 1.165) is 68.6 Å². The van der Waals surface area contributed by atoms with Gasteiger partial charge in [-0.25, -0.2) is 4.79 Å². The van der Waals surface area contributed by atoms with E-state index in [4.69, 9.17) is 9.47 Å². The molecule has 3 heterocycles. The van der Waals surface area contributed by atoms with Gasteiger partial charge < -0.3 is 14.8 Å². The number of rotatable bonds is 4. The second kappa shape index (κ2) is 8.31. The first-order valence-electron chi connectivity index (χ1n) is 11.2. The van der Waals surface area contributed by atoms with Gasteiger partial charge in [0.05, 0.1) is 13.2 Å². The second-order valence-electron chi connectivity index (χ2n) is 8.82. The number of aryl methyl sites for hydroxylation is 1. The van der Waals surface area contributed by atoms with Gasteiger partial charge in [0.25, 0.3) is 0 Å². The van der Waals surface area contributed by atoms with Crippen LogP contribution in [0.2, 0.25) is 0 Å². The van der Waals surface area contributed by atoms with Gasteiger partial charge in [-0.05, 0) is 91.6 Å². The maximum Gasteiger partial charge on any atom is 0.407 e. The molecule has 158 valence electrons. The highest BCUT2D eigenvalue weighted by molar-refractivity contribution is 5.70.